The zero-order valence-corrected chi connectivity index (χ0v) is 21.8. The van der Waals surface area contributed by atoms with Crippen LogP contribution in [0.25, 0.3) is 34.3 Å². The number of rotatable bonds is 6. The average molecular weight is 552 g/mol. The number of hydrogen-bond acceptors (Lipinski definition) is 6. The second kappa shape index (κ2) is 9.19. The van der Waals surface area contributed by atoms with E-state index in [4.69, 9.17) is 11.6 Å². The third-order valence-electron chi connectivity index (χ3n) is 6.66. The molecule has 2 aromatic carbocycles. The van der Waals surface area contributed by atoms with Gasteiger partial charge in [0.25, 0.3) is 21.7 Å². The van der Waals surface area contributed by atoms with Gasteiger partial charge in [0.15, 0.2) is 11.5 Å². The number of aromatic nitrogens is 4. The van der Waals surface area contributed by atoms with E-state index >= 15 is 0 Å². The van der Waals surface area contributed by atoms with Gasteiger partial charge in [-0.2, -0.15) is 8.42 Å². The second-order valence-corrected chi connectivity index (χ2v) is 10.5. The lowest BCUT2D eigenvalue weighted by Gasteiger charge is -2.23. The van der Waals surface area contributed by atoms with E-state index in [0.29, 0.717) is 27.7 Å². The summed E-state index contributed by atoms with van der Waals surface area (Å²) in [5.41, 5.74) is 2.82. The monoisotopic (exact) mass is 551 g/mol. The van der Waals surface area contributed by atoms with Gasteiger partial charge in [0.1, 0.15) is 5.56 Å². The number of benzene rings is 2. The van der Waals surface area contributed by atoms with Crippen LogP contribution in [0.4, 0.5) is 5.82 Å². The van der Waals surface area contributed by atoms with E-state index in [9.17, 15) is 18.0 Å². The lowest BCUT2D eigenvalue weighted by Crippen LogP contribution is -2.34. The Hall–Kier alpha value is -5.25. The van der Waals surface area contributed by atoms with Gasteiger partial charge in [-0.1, -0.05) is 42.3 Å². The van der Waals surface area contributed by atoms with E-state index in [1.807, 2.05) is 36.4 Å². The Kier molecular flexibility index (Phi) is 5.76. The fourth-order valence-electron chi connectivity index (χ4n) is 5.10. The molecule has 0 saturated heterocycles. The molecule has 1 aliphatic rings. The van der Waals surface area contributed by atoms with E-state index in [0.717, 1.165) is 11.1 Å². The highest BCUT2D eigenvalue weighted by atomic mass is 32.2. The third-order valence-corrected chi connectivity index (χ3v) is 7.14. The molecule has 0 bridgehead atoms. The zero-order chi connectivity index (χ0) is 28.2. The summed E-state index contributed by atoms with van der Waals surface area (Å²) >= 11 is 0. The highest BCUT2D eigenvalue weighted by Gasteiger charge is 2.29. The van der Waals surface area contributed by atoms with E-state index < -0.39 is 22.2 Å². The number of carbonyl (C=O) groups is 1. The zero-order valence-electron chi connectivity index (χ0n) is 21.0. The third kappa shape index (κ3) is 4.01. The summed E-state index contributed by atoms with van der Waals surface area (Å²) in [6.07, 6.45) is 12.5. The molecule has 11 nitrogen and oxygen atoms in total. The van der Waals surface area contributed by atoms with Crippen LogP contribution in [0.5, 0.6) is 0 Å². The molecule has 6 rings (SSSR count). The van der Waals surface area contributed by atoms with Crippen molar-refractivity contribution in [3.8, 4) is 18.0 Å². The number of nitrogens with two attached hydrogens (primary N) is 1. The maximum atomic E-state index is 14.1. The lowest BCUT2D eigenvalue weighted by molar-refractivity contribution is 0.0941. The van der Waals surface area contributed by atoms with Crippen molar-refractivity contribution in [3.63, 3.8) is 0 Å². The van der Waals surface area contributed by atoms with Gasteiger partial charge in [-0.05, 0) is 36.8 Å². The van der Waals surface area contributed by atoms with Gasteiger partial charge in [-0.15, -0.1) is 11.5 Å². The molecular weight excluding hydrogens is 530 g/mol. The fraction of sp³-hybridized carbons (Fsp3) is 0.0714. The normalized spacial score (nSPS) is 12.9. The van der Waals surface area contributed by atoms with E-state index in [-0.39, 0.29) is 22.6 Å². The Morgan fingerprint density at radius 1 is 1.10 bits per heavy atom. The summed E-state index contributed by atoms with van der Waals surface area (Å²) in [4.78, 5) is 32.0. The molecule has 12 heteroatoms. The van der Waals surface area contributed by atoms with Gasteiger partial charge in [0.2, 0.25) is 0 Å². The van der Waals surface area contributed by atoms with Crippen LogP contribution in [0.15, 0.2) is 65.7 Å². The summed E-state index contributed by atoms with van der Waals surface area (Å²) in [5.74, 6) is 1.66. The van der Waals surface area contributed by atoms with Crippen molar-refractivity contribution in [1.82, 2.24) is 24.5 Å². The summed E-state index contributed by atoms with van der Waals surface area (Å²) in [6.45, 7) is 1.73. The smallest absolute Gasteiger partial charge is 0.297 e. The quantitative estimate of drug-likeness (QED) is 0.271. The second-order valence-electron chi connectivity index (χ2n) is 9.16. The van der Waals surface area contributed by atoms with Gasteiger partial charge in [0.05, 0.1) is 17.1 Å². The molecule has 5 aromatic rings. The van der Waals surface area contributed by atoms with Gasteiger partial charge >= 0.3 is 0 Å². The average Bonchev–Trinajstić information content (AvgIpc) is 3.51. The molecule has 1 atom stereocenters. The summed E-state index contributed by atoms with van der Waals surface area (Å²) in [5, 5.41) is 13.3. The molecule has 0 radical (unpaired) electrons. The largest absolute Gasteiger partial charge is 0.344 e. The summed E-state index contributed by atoms with van der Waals surface area (Å²) < 4.78 is 28.5. The Labute approximate surface area is 228 Å². The van der Waals surface area contributed by atoms with Crippen molar-refractivity contribution in [3.05, 3.63) is 99.2 Å². The molecule has 0 spiro atoms. The number of fused-ring (bicyclic) bond motifs is 1. The first-order valence-corrected chi connectivity index (χ1v) is 13.6. The Morgan fingerprint density at radius 3 is 2.60 bits per heavy atom. The van der Waals surface area contributed by atoms with Crippen LogP contribution in [0, 0.1) is 12.3 Å². The van der Waals surface area contributed by atoms with Crippen molar-refractivity contribution in [1.29, 1.82) is 0 Å². The van der Waals surface area contributed by atoms with Gasteiger partial charge in [-0.25, -0.2) is 14.6 Å². The van der Waals surface area contributed by atoms with Crippen LogP contribution < -0.4 is 20.7 Å². The predicted molar refractivity (Wildman–Crippen MR) is 152 cm³/mol. The van der Waals surface area contributed by atoms with Crippen LogP contribution in [0.3, 0.4) is 0 Å². The molecule has 198 valence electrons. The molecule has 40 heavy (non-hydrogen) atoms. The van der Waals surface area contributed by atoms with E-state index in [1.165, 1.54) is 16.9 Å². The van der Waals surface area contributed by atoms with Crippen LogP contribution >= 0.6 is 0 Å². The molecular formula is C28H21N7O4S. The van der Waals surface area contributed by atoms with Crippen LogP contribution in [0.1, 0.15) is 45.7 Å². The minimum atomic E-state index is -4.25. The summed E-state index contributed by atoms with van der Waals surface area (Å²) in [6, 6.07) is 13.5. The molecule has 0 fully saturated rings. The fourth-order valence-corrected chi connectivity index (χ4v) is 5.51. The number of pyridine rings is 1. The van der Waals surface area contributed by atoms with Crippen molar-refractivity contribution < 1.29 is 13.2 Å². The van der Waals surface area contributed by atoms with E-state index in [2.05, 4.69) is 26.0 Å². The van der Waals surface area contributed by atoms with Gasteiger partial charge in [-0.3, -0.25) is 18.9 Å². The molecule has 4 N–H and O–H groups in total. The highest BCUT2D eigenvalue weighted by molar-refractivity contribution is 7.90. The highest BCUT2D eigenvalue weighted by Crippen LogP contribution is 2.37. The Bertz CT molecular complexity index is 2110. The molecule has 0 aliphatic heterocycles. The van der Waals surface area contributed by atoms with Gasteiger partial charge in [0, 0.05) is 34.6 Å². The number of para-hydroxylation sites is 1. The number of nitrogens with one attached hydrogen (secondary N) is 2. The molecule has 0 saturated carbocycles. The number of hydrogen-bond donors (Lipinski definition) is 3. The van der Waals surface area contributed by atoms with Crippen LogP contribution in [0.2, 0.25) is 0 Å². The number of carbonyl (C=O) groups excluding carboxylic acids is 1. The van der Waals surface area contributed by atoms with Gasteiger partial charge < -0.3 is 5.32 Å². The molecule has 1 amide bonds. The Balaban J connectivity index is 1.55. The van der Waals surface area contributed by atoms with Crippen molar-refractivity contribution >= 4 is 50.5 Å². The summed E-state index contributed by atoms with van der Waals surface area (Å²) in [7, 11) is -4.25. The van der Waals surface area contributed by atoms with Crippen molar-refractivity contribution in [2.24, 2.45) is 5.14 Å². The van der Waals surface area contributed by atoms with E-state index in [1.54, 1.807) is 35.8 Å². The van der Waals surface area contributed by atoms with Crippen LogP contribution in [-0.4, -0.2) is 33.5 Å². The number of anilines is 1. The SMILES string of the molecule is C#Cc1ccc2c3c(c([C@H](C)NC(=O)c4c(NS(N)(=O)=O)nn5cccnc45)n(-c4ccccc4)c(=O)c13)C=C2. The molecule has 0 unspecified atom stereocenters. The van der Waals surface area contributed by atoms with Crippen LogP contribution in [-0.2, 0) is 10.2 Å². The van der Waals surface area contributed by atoms with Crippen molar-refractivity contribution in [2.45, 2.75) is 13.0 Å². The molecule has 1 aliphatic carbocycles. The number of amides is 1. The standard InChI is InChI=1S/C28H21N7O4S/c1-3-17-10-11-18-12-13-20-21(18)22(17)28(37)35(19-8-5-4-6-9-19)24(20)16(2)31-27(36)23-25(33-40(29,38)39)32-34-15-7-14-30-26(23)34/h1,4-16H,2H3,(H,31,36)(H,32,33)(H2,29,38,39)/t16-/m0/s1. The molecule has 3 heterocycles. The first-order valence-electron chi connectivity index (χ1n) is 12.1. The Morgan fingerprint density at radius 2 is 1.88 bits per heavy atom. The first kappa shape index (κ1) is 25.1. The number of nitrogens with zero attached hydrogens (tertiary/aromatic N) is 4. The van der Waals surface area contributed by atoms with Crippen molar-refractivity contribution in [2.75, 3.05) is 4.72 Å². The predicted octanol–water partition coefficient (Wildman–Crippen LogP) is 2.60. The lowest BCUT2D eigenvalue weighted by atomic mass is 9.97. The maximum Gasteiger partial charge on any atom is 0.297 e. The molecule has 3 aromatic heterocycles. The topological polar surface area (TPSA) is 153 Å². The minimum absolute atomic E-state index is 0.114. The maximum absolute atomic E-state index is 14.1. The first-order chi connectivity index (χ1) is 19.2. The number of terminal acetylenes is 1. The minimum Gasteiger partial charge on any atom is -0.344 e.